The van der Waals surface area contributed by atoms with Crippen LogP contribution in [0.25, 0.3) is 71.7 Å². The molecule has 58 heavy (non-hydrogen) atoms. The number of pyridine rings is 3. The van der Waals surface area contributed by atoms with E-state index in [1.165, 1.54) is 49.4 Å². The summed E-state index contributed by atoms with van der Waals surface area (Å²) >= 11 is 0. The van der Waals surface area contributed by atoms with Gasteiger partial charge in [-0.2, -0.15) is 0 Å². The smallest absolute Gasteiger partial charge is 0.310 e. The van der Waals surface area contributed by atoms with Crippen LogP contribution in [0.2, 0.25) is 0 Å². The number of hydrogen-bond donors (Lipinski definition) is 0. The molecule has 0 aliphatic heterocycles. The molecule has 5 heteroatoms. The van der Waals surface area contributed by atoms with E-state index in [1.807, 2.05) is 67.0 Å². The van der Waals surface area contributed by atoms with Gasteiger partial charge in [0.15, 0.2) is 0 Å². The Bertz CT molecular complexity index is 2730. The predicted octanol–water partition coefficient (Wildman–Crippen LogP) is 13.4. The third-order valence-electron chi connectivity index (χ3n) is 10.3. The Morgan fingerprint density at radius 3 is 1.88 bits per heavy atom. The van der Waals surface area contributed by atoms with Crippen LogP contribution in [0.1, 0.15) is 52.7 Å². The van der Waals surface area contributed by atoms with Crippen LogP contribution in [-0.2, 0) is 30.9 Å². The first-order valence-corrected chi connectivity index (χ1v) is 19.4. The van der Waals surface area contributed by atoms with Crippen molar-refractivity contribution in [2.75, 3.05) is 0 Å². The van der Waals surface area contributed by atoms with Crippen molar-refractivity contribution >= 4 is 43.5 Å². The van der Waals surface area contributed by atoms with Crippen LogP contribution >= 0.6 is 0 Å². The summed E-state index contributed by atoms with van der Waals surface area (Å²) in [6, 6.07) is 59.6. The summed E-state index contributed by atoms with van der Waals surface area (Å²) in [5.74, 6) is 0. The number of hydrogen-bond acceptors (Lipinski definition) is 3. The van der Waals surface area contributed by atoms with E-state index in [0.29, 0.717) is 0 Å². The first-order valence-electron chi connectivity index (χ1n) is 19.4. The van der Waals surface area contributed by atoms with Crippen LogP contribution in [-0.4, -0.2) is 19.5 Å². The van der Waals surface area contributed by atoms with Crippen LogP contribution in [0.15, 0.2) is 164 Å². The molecule has 0 aliphatic carbocycles. The number of fused-ring (bicyclic) bond motifs is 3. The molecule has 0 saturated heterocycles. The van der Waals surface area contributed by atoms with Crippen molar-refractivity contribution in [1.82, 2.24) is 19.5 Å². The Morgan fingerprint density at radius 1 is 0.466 bits per heavy atom. The molecule has 0 atom stereocenters. The molecule has 4 nitrogen and oxygen atoms in total. The van der Waals surface area contributed by atoms with E-state index in [2.05, 4.69) is 165 Å². The summed E-state index contributed by atoms with van der Waals surface area (Å²) in [5, 5.41) is 6.10. The number of nitrogens with zero attached hydrogens (tertiary/aromatic N) is 4. The summed E-state index contributed by atoms with van der Waals surface area (Å²) in [7, 11) is 0. The molecule has 0 aliphatic rings. The van der Waals surface area contributed by atoms with Gasteiger partial charge in [0.05, 0.1) is 5.52 Å². The fraction of sp³-hybridized carbons (Fsp3) is 0.151. The summed E-state index contributed by atoms with van der Waals surface area (Å²) < 4.78 is 2.34. The van der Waals surface area contributed by atoms with Crippen LogP contribution < -0.4 is 0 Å². The van der Waals surface area contributed by atoms with E-state index in [0.717, 1.165) is 33.4 Å². The Morgan fingerprint density at radius 2 is 1.14 bits per heavy atom. The van der Waals surface area contributed by atoms with Crippen molar-refractivity contribution in [3.63, 3.8) is 0 Å². The minimum atomic E-state index is 0. The van der Waals surface area contributed by atoms with Crippen LogP contribution in [0.5, 0.6) is 0 Å². The Hall–Kier alpha value is -6.00. The average Bonchev–Trinajstić information content (AvgIpc) is 3.60. The zero-order chi connectivity index (χ0) is 39.6. The first-order chi connectivity index (χ1) is 27.6. The normalized spacial score (nSPS) is 11.5. The van der Waals surface area contributed by atoms with Gasteiger partial charge in [-0.3, -0.25) is 0 Å². The van der Waals surface area contributed by atoms with Gasteiger partial charge in [0.2, 0.25) is 0 Å². The molecule has 0 radical (unpaired) electrons. The van der Waals surface area contributed by atoms with Crippen molar-refractivity contribution < 1.29 is 20.1 Å². The molecule has 0 amide bonds. The van der Waals surface area contributed by atoms with E-state index < -0.39 is 0 Å². The molecule has 0 N–H and O–H groups in total. The molecular weight excluding hydrogens is 885 g/mol. The molecule has 286 valence electrons. The van der Waals surface area contributed by atoms with E-state index in [4.69, 9.17) is 4.98 Å². The summed E-state index contributed by atoms with van der Waals surface area (Å²) in [6.45, 7) is 13.4. The largest absolute Gasteiger partial charge is 3.00 e. The maximum absolute atomic E-state index is 4.72. The Labute approximate surface area is 355 Å². The van der Waals surface area contributed by atoms with E-state index >= 15 is 0 Å². The minimum absolute atomic E-state index is 0. The fourth-order valence-electron chi connectivity index (χ4n) is 7.33. The molecule has 6 aromatic carbocycles. The van der Waals surface area contributed by atoms with Gasteiger partial charge >= 0.3 is 20.1 Å². The van der Waals surface area contributed by atoms with Crippen molar-refractivity contribution in [1.29, 1.82) is 0 Å². The second kappa shape index (κ2) is 16.8. The van der Waals surface area contributed by atoms with Gasteiger partial charge in [-0.1, -0.05) is 101 Å². The van der Waals surface area contributed by atoms with Gasteiger partial charge in [0.25, 0.3) is 0 Å². The first kappa shape index (κ1) is 40.2. The molecule has 0 saturated carbocycles. The molecule has 0 bridgehead atoms. The SMILES string of the molecule is CC(C)(C)c1cc[c-]c(-c2cc(C(C)(C)C)ccn2)c1.[Ir+3].[c-]1cccc2c1c1nccc3c1c1c2cccc1n3-c1ccccc1.[c-]1ccccc1-c1ccccn1. The third-order valence-corrected chi connectivity index (χ3v) is 10.3. The molecule has 10 aromatic rings. The molecule has 0 unspecified atom stereocenters. The van der Waals surface area contributed by atoms with Gasteiger partial charge in [-0.05, 0) is 80.5 Å². The van der Waals surface area contributed by atoms with Crippen molar-refractivity contribution in [3.8, 4) is 28.2 Å². The van der Waals surface area contributed by atoms with Gasteiger partial charge in [-0.25, -0.2) is 0 Å². The van der Waals surface area contributed by atoms with Crippen molar-refractivity contribution in [2.45, 2.75) is 52.4 Å². The molecule has 4 heterocycles. The van der Waals surface area contributed by atoms with Gasteiger partial charge < -0.3 is 19.5 Å². The van der Waals surface area contributed by atoms with E-state index in [1.54, 1.807) is 6.20 Å². The second-order valence-electron chi connectivity index (χ2n) is 16.3. The molecule has 4 aromatic heterocycles. The van der Waals surface area contributed by atoms with E-state index in [-0.39, 0.29) is 30.9 Å². The molecule has 10 rings (SSSR count). The van der Waals surface area contributed by atoms with Gasteiger partial charge in [-0.15, -0.1) is 101 Å². The minimum Gasteiger partial charge on any atom is -0.310 e. The number of benzene rings is 6. The molecule has 0 spiro atoms. The predicted molar refractivity (Wildman–Crippen MR) is 238 cm³/mol. The average molecular weight is 930 g/mol. The molecule has 0 fully saturated rings. The maximum Gasteiger partial charge on any atom is 3.00 e. The zero-order valence-electron chi connectivity index (χ0n) is 33.7. The van der Waals surface area contributed by atoms with Crippen LogP contribution in [0.3, 0.4) is 0 Å². The number of para-hydroxylation sites is 1. The number of rotatable bonds is 3. The third kappa shape index (κ3) is 8.20. The topological polar surface area (TPSA) is 43.6 Å². The zero-order valence-corrected chi connectivity index (χ0v) is 36.1. The van der Waals surface area contributed by atoms with Gasteiger partial charge in [0.1, 0.15) is 0 Å². The summed E-state index contributed by atoms with van der Waals surface area (Å²) in [6.07, 6.45) is 5.59. The monoisotopic (exact) mass is 930 g/mol. The standard InChI is InChI=1S/C23H13N2.C19H24N.C11H8N.Ir/c1-2-7-15(8-3-1)25-19-12-6-11-17-16-9-4-5-10-18(16)23-22(21(17)19)20(25)13-14-24-23;1-18(2,3)15-9-7-8-14(12-15)17-13-16(10-11-20-17)19(4,5)6;1-2-6-10(7-3-1)11-8-4-5-9-12-11;/h1-9,11-14H;7,9-13H,1-6H3;1-6,8-9H;/q3*-1;+3. The van der Waals surface area contributed by atoms with Crippen LogP contribution in [0.4, 0.5) is 0 Å². The number of aromatic nitrogens is 4. The summed E-state index contributed by atoms with van der Waals surface area (Å²) in [5.41, 5.74) is 11.6. The second-order valence-corrected chi connectivity index (χ2v) is 16.3. The quantitative estimate of drug-likeness (QED) is 0.131. The van der Waals surface area contributed by atoms with Crippen molar-refractivity contribution in [3.05, 3.63) is 194 Å². The molecular formula is C53H45IrN4. The Balaban J connectivity index is 0.000000140. The maximum atomic E-state index is 4.72. The van der Waals surface area contributed by atoms with E-state index in [9.17, 15) is 0 Å². The fourth-order valence-corrected chi connectivity index (χ4v) is 7.33. The Kier molecular flexibility index (Phi) is 11.7. The van der Waals surface area contributed by atoms with Gasteiger partial charge in [0, 0.05) is 29.8 Å². The van der Waals surface area contributed by atoms with Crippen molar-refractivity contribution in [2.24, 2.45) is 0 Å². The summed E-state index contributed by atoms with van der Waals surface area (Å²) in [4.78, 5) is 13.5. The van der Waals surface area contributed by atoms with Crippen LogP contribution in [0, 0.1) is 18.2 Å².